The molecule has 2 aromatic carbocycles. The second-order valence-electron chi connectivity index (χ2n) is 6.66. The molecule has 0 saturated carbocycles. The summed E-state index contributed by atoms with van der Waals surface area (Å²) < 4.78 is 45.4. The van der Waals surface area contributed by atoms with Gasteiger partial charge in [0.05, 0.1) is 30.3 Å². The highest BCUT2D eigenvalue weighted by Gasteiger charge is 2.39. The number of hydrogen-bond acceptors (Lipinski definition) is 6. The summed E-state index contributed by atoms with van der Waals surface area (Å²) in [6, 6.07) is 10.4. The van der Waals surface area contributed by atoms with Crippen molar-refractivity contribution in [2.24, 2.45) is 0 Å². The van der Waals surface area contributed by atoms with Crippen LogP contribution in [-0.4, -0.2) is 36.8 Å². The molecule has 7 nitrogen and oxygen atoms in total. The number of nitrogens with one attached hydrogen (secondary N) is 1. The van der Waals surface area contributed by atoms with E-state index in [1.165, 1.54) is 48.5 Å². The highest BCUT2D eigenvalue weighted by Crippen LogP contribution is 2.25. The molecule has 1 saturated heterocycles. The van der Waals surface area contributed by atoms with E-state index < -0.39 is 30.2 Å². The van der Waals surface area contributed by atoms with Crippen molar-refractivity contribution in [1.82, 2.24) is 5.32 Å². The number of ether oxygens (including phenoxy) is 2. The van der Waals surface area contributed by atoms with Crippen LogP contribution in [0.4, 0.5) is 18.9 Å². The quantitative estimate of drug-likeness (QED) is 0.530. The highest BCUT2D eigenvalue weighted by molar-refractivity contribution is 6.22. The molecule has 0 spiro atoms. The maximum Gasteiger partial charge on any atom is 0.573 e. The van der Waals surface area contributed by atoms with Gasteiger partial charge in [0.15, 0.2) is 0 Å². The standard InChI is InChI=1S/C21H19F3N2O5/c1-2-30-20(29)14-5-7-15(8-6-14)26-18(27)11-17(19(26)28)25-12-13-3-9-16(10-4-13)31-21(22,23)24/h3-10,17,25H,2,11-12H2,1H3/t17-/m0/s1. The third-order valence-electron chi connectivity index (χ3n) is 4.49. The van der Waals surface area contributed by atoms with Gasteiger partial charge < -0.3 is 14.8 Å². The summed E-state index contributed by atoms with van der Waals surface area (Å²) in [4.78, 5) is 37.8. The number of esters is 1. The number of carbonyl (C=O) groups excluding carboxylic acids is 3. The number of benzene rings is 2. The third kappa shape index (κ3) is 5.60. The van der Waals surface area contributed by atoms with E-state index in [1.807, 2.05) is 0 Å². The Kier molecular flexibility index (Phi) is 6.59. The van der Waals surface area contributed by atoms with E-state index in [-0.39, 0.29) is 25.3 Å². The van der Waals surface area contributed by atoms with Crippen LogP contribution in [0.25, 0.3) is 0 Å². The molecule has 1 aliphatic heterocycles. The summed E-state index contributed by atoms with van der Waals surface area (Å²) in [7, 11) is 0. The topological polar surface area (TPSA) is 84.9 Å². The lowest BCUT2D eigenvalue weighted by Gasteiger charge is -2.16. The van der Waals surface area contributed by atoms with Gasteiger partial charge in [0.25, 0.3) is 5.91 Å². The molecule has 10 heteroatoms. The molecule has 0 radical (unpaired) electrons. The summed E-state index contributed by atoms with van der Waals surface area (Å²) in [5.74, 6) is -1.70. The lowest BCUT2D eigenvalue weighted by atomic mass is 10.2. The Morgan fingerprint density at radius 2 is 1.74 bits per heavy atom. The Balaban J connectivity index is 1.61. The van der Waals surface area contributed by atoms with Gasteiger partial charge in [0.2, 0.25) is 5.91 Å². The number of nitrogens with zero attached hydrogens (tertiary/aromatic N) is 1. The minimum atomic E-state index is -4.77. The van der Waals surface area contributed by atoms with Gasteiger partial charge in [-0.2, -0.15) is 0 Å². The summed E-state index contributed by atoms with van der Waals surface area (Å²) >= 11 is 0. The van der Waals surface area contributed by atoms with Crippen molar-refractivity contribution < 1.29 is 37.0 Å². The number of hydrogen-bond donors (Lipinski definition) is 1. The molecule has 3 rings (SSSR count). The number of alkyl halides is 3. The van der Waals surface area contributed by atoms with Gasteiger partial charge in [-0.3, -0.25) is 9.59 Å². The van der Waals surface area contributed by atoms with E-state index in [1.54, 1.807) is 6.92 Å². The Morgan fingerprint density at radius 1 is 1.10 bits per heavy atom. The lowest BCUT2D eigenvalue weighted by molar-refractivity contribution is -0.274. The van der Waals surface area contributed by atoms with Gasteiger partial charge in [0.1, 0.15) is 5.75 Å². The fraction of sp³-hybridized carbons (Fsp3) is 0.286. The lowest BCUT2D eigenvalue weighted by Crippen LogP contribution is -2.38. The van der Waals surface area contributed by atoms with Crippen LogP contribution < -0.4 is 15.0 Å². The molecule has 164 valence electrons. The van der Waals surface area contributed by atoms with E-state index >= 15 is 0 Å². The van der Waals surface area contributed by atoms with Crippen LogP contribution in [-0.2, 0) is 20.9 Å². The monoisotopic (exact) mass is 436 g/mol. The largest absolute Gasteiger partial charge is 0.573 e. The summed E-state index contributed by atoms with van der Waals surface area (Å²) in [5, 5.41) is 2.94. The molecule has 0 bridgehead atoms. The van der Waals surface area contributed by atoms with Crippen LogP contribution in [0.5, 0.6) is 5.75 Å². The predicted octanol–water partition coefficient (Wildman–Crippen LogP) is 3.18. The van der Waals surface area contributed by atoms with Crippen LogP contribution >= 0.6 is 0 Å². The Labute approximate surface area is 175 Å². The molecule has 0 unspecified atom stereocenters. The first-order chi connectivity index (χ1) is 14.7. The van der Waals surface area contributed by atoms with Crippen molar-refractivity contribution >= 4 is 23.5 Å². The fourth-order valence-electron chi connectivity index (χ4n) is 3.07. The van der Waals surface area contributed by atoms with Crippen LogP contribution in [0.3, 0.4) is 0 Å². The number of imide groups is 1. The molecular formula is C21H19F3N2O5. The molecule has 1 atom stereocenters. The first-order valence-corrected chi connectivity index (χ1v) is 9.40. The second-order valence-corrected chi connectivity index (χ2v) is 6.66. The minimum Gasteiger partial charge on any atom is -0.462 e. The first-order valence-electron chi connectivity index (χ1n) is 9.40. The molecule has 0 aromatic heterocycles. The van der Waals surface area contributed by atoms with Crippen molar-refractivity contribution in [2.75, 3.05) is 11.5 Å². The Morgan fingerprint density at radius 3 is 2.32 bits per heavy atom. The summed E-state index contributed by atoms with van der Waals surface area (Å²) in [6.45, 7) is 2.09. The van der Waals surface area contributed by atoms with E-state index in [9.17, 15) is 27.6 Å². The highest BCUT2D eigenvalue weighted by atomic mass is 19.4. The van der Waals surface area contributed by atoms with Gasteiger partial charge in [-0.15, -0.1) is 13.2 Å². The molecule has 1 aliphatic rings. The van der Waals surface area contributed by atoms with Crippen LogP contribution in [0.1, 0.15) is 29.3 Å². The minimum absolute atomic E-state index is 0.0618. The van der Waals surface area contributed by atoms with Crippen LogP contribution in [0, 0.1) is 0 Å². The number of anilines is 1. The van der Waals surface area contributed by atoms with E-state index in [2.05, 4.69) is 10.1 Å². The van der Waals surface area contributed by atoms with E-state index in [0.29, 0.717) is 16.8 Å². The molecule has 2 aromatic rings. The number of halogens is 3. The van der Waals surface area contributed by atoms with Gasteiger partial charge >= 0.3 is 12.3 Å². The van der Waals surface area contributed by atoms with Gasteiger partial charge in [-0.05, 0) is 48.9 Å². The first kappa shape index (κ1) is 22.3. The maximum absolute atomic E-state index is 12.7. The third-order valence-corrected chi connectivity index (χ3v) is 4.49. The van der Waals surface area contributed by atoms with E-state index in [0.717, 1.165) is 4.90 Å². The Bertz CT molecular complexity index is 958. The van der Waals surface area contributed by atoms with Crippen molar-refractivity contribution in [2.45, 2.75) is 32.3 Å². The summed E-state index contributed by atoms with van der Waals surface area (Å²) in [5.41, 5.74) is 1.25. The Hall–Kier alpha value is -3.40. The van der Waals surface area contributed by atoms with Crippen LogP contribution in [0.2, 0.25) is 0 Å². The SMILES string of the molecule is CCOC(=O)c1ccc(N2C(=O)C[C@H](NCc3ccc(OC(F)(F)F)cc3)C2=O)cc1. The molecule has 31 heavy (non-hydrogen) atoms. The normalized spacial score (nSPS) is 16.5. The fourth-order valence-corrected chi connectivity index (χ4v) is 3.07. The van der Waals surface area contributed by atoms with Crippen molar-refractivity contribution in [3.8, 4) is 5.75 Å². The zero-order valence-corrected chi connectivity index (χ0v) is 16.4. The number of amides is 2. The molecular weight excluding hydrogens is 417 g/mol. The molecule has 1 heterocycles. The second kappa shape index (κ2) is 9.17. The maximum atomic E-state index is 12.7. The zero-order valence-electron chi connectivity index (χ0n) is 16.4. The number of rotatable bonds is 7. The number of carbonyl (C=O) groups is 3. The van der Waals surface area contributed by atoms with Gasteiger partial charge in [-0.25, -0.2) is 9.69 Å². The van der Waals surface area contributed by atoms with Gasteiger partial charge in [0, 0.05) is 6.54 Å². The molecule has 1 fully saturated rings. The average Bonchev–Trinajstić information content (AvgIpc) is 3.00. The molecule has 1 N–H and O–H groups in total. The zero-order chi connectivity index (χ0) is 22.6. The summed E-state index contributed by atoms with van der Waals surface area (Å²) in [6.07, 6.45) is -4.83. The van der Waals surface area contributed by atoms with E-state index in [4.69, 9.17) is 4.74 Å². The van der Waals surface area contributed by atoms with Crippen LogP contribution in [0.15, 0.2) is 48.5 Å². The van der Waals surface area contributed by atoms with Gasteiger partial charge in [-0.1, -0.05) is 12.1 Å². The van der Waals surface area contributed by atoms with Crippen molar-refractivity contribution in [3.05, 3.63) is 59.7 Å². The molecule has 0 aliphatic carbocycles. The van der Waals surface area contributed by atoms with Crippen molar-refractivity contribution in [3.63, 3.8) is 0 Å². The molecule has 2 amide bonds. The average molecular weight is 436 g/mol. The predicted molar refractivity (Wildman–Crippen MR) is 103 cm³/mol. The van der Waals surface area contributed by atoms with Crippen molar-refractivity contribution in [1.29, 1.82) is 0 Å². The smallest absolute Gasteiger partial charge is 0.462 e.